The van der Waals surface area contributed by atoms with Crippen molar-refractivity contribution < 1.29 is 4.79 Å². The van der Waals surface area contributed by atoms with E-state index in [9.17, 15) is 4.79 Å². The number of nitrogens with two attached hydrogens (primary N) is 1. The first-order chi connectivity index (χ1) is 7.70. The molecule has 0 rings (SSSR count). The molecule has 0 spiro atoms. The van der Waals surface area contributed by atoms with Crippen LogP contribution in [-0.4, -0.2) is 28.9 Å². The second-order valence-electron chi connectivity index (χ2n) is 5.60. The second-order valence-corrected chi connectivity index (χ2v) is 6.12. The summed E-state index contributed by atoms with van der Waals surface area (Å²) < 4.78 is 0. The number of rotatable bonds is 7. The Bertz CT molecular complexity index is 275. The number of carbonyl (C=O) groups excluding carboxylic acids is 1. The Kier molecular flexibility index (Phi) is 6.68. The standard InChI is InChI=1S/C13H26N2OS/c1-6-13(4,5)12(16)15(9-10(2)3)8-7-11(14)17/h10H,6-9H2,1-5H3,(H2,14,17). The topological polar surface area (TPSA) is 46.3 Å². The van der Waals surface area contributed by atoms with Gasteiger partial charge in [0.25, 0.3) is 0 Å². The third kappa shape index (κ3) is 6.01. The Labute approximate surface area is 111 Å². The lowest BCUT2D eigenvalue weighted by atomic mass is 9.88. The minimum absolute atomic E-state index is 0.199. The van der Waals surface area contributed by atoms with Gasteiger partial charge in [-0.15, -0.1) is 0 Å². The number of amides is 1. The fourth-order valence-electron chi connectivity index (χ4n) is 1.54. The van der Waals surface area contributed by atoms with Gasteiger partial charge < -0.3 is 10.6 Å². The highest BCUT2D eigenvalue weighted by Crippen LogP contribution is 2.23. The van der Waals surface area contributed by atoms with E-state index in [1.807, 2.05) is 25.7 Å². The molecule has 0 fully saturated rings. The van der Waals surface area contributed by atoms with Crippen LogP contribution in [0.5, 0.6) is 0 Å². The molecule has 0 saturated heterocycles. The van der Waals surface area contributed by atoms with Crippen LogP contribution in [0.1, 0.15) is 47.5 Å². The quantitative estimate of drug-likeness (QED) is 0.714. The molecule has 0 unspecified atom stereocenters. The molecule has 0 aliphatic heterocycles. The average molecular weight is 258 g/mol. The molecule has 17 heavy (non-hydrogen) atoms. The summed E-state index contributed by atoms with van der Waals surface area (Å²) in [6.07, 6.45) is 1.45. The molecule has 0 atom stereocenters. The minimum Gasteiger partial charge on any atom is -0.393 e. The van der Waals surface area contributed by atoms with Crippen molar-refractivity contribution in [2.45, 2.75) is 47.5 Å². The number of thiocarbonyl (C=S) groups is 1. The van der Waals surface area contributed by atoms with Crippen molar-refractivity contribution in [1.82, 2.24) is 4.90 Å². The highest BCUT2D eigenvalue weighted by molar-refractivity contribution is 7.80. The van der Waals surface area contributed by atoms with E-state index < -0.39 is 0 Å². The summed E-state index contributed by atoms with van der Waals surface area (Å²) in [6.45, 7) is 11.6. The molecule has 0 bridgehead atoms. The maximum atomic E-state index is 12.4. The monoisotopic (exact) mass is 258 g/mol. The maximum absolute atomic E-state index is 12.4. The molecule has 0 aromatic heterocycles. The summed E-state index contributed by atoms with van der Waals surface area (Å²) >= 11 is 4.88. The van der Waals surface area contributed by atoms with Gasteiger partial charge in [0.1, 0.15) is 0 Å². The molecule has 4 heteroatoms. The van der Waals surface area contributed by atoms with Gasteiger partial charge in [-0.05, 0) is 12.3 Å². The third-order valence-corrected chi connectivity index (χ3v) is 3.17. The van der Waals surface area contributed by atoms with E-state index in [-0.39, 0.29) is 11.3 Å². The van der Waals surface area contributed by atoms with E-state index in [1.54, 1.807) is 0 Å². The zero-order valence-corrected chi connectivity index (χ0v) is 12.6. The number of carbonyl (C=O) groups is 1. The lowest BCUT2D eigenvalue weighted by Crippen LogP contribution is -2.43. The van der Waals surface area contributed by atoms with Gasteiger partial charge in [-0.1, -0.05) is 46.8 Å². The zero-order chi connectivity index (χ0) is 13.6. The molecule has 0 aromatic rings. The molecule has 0 saturated carbocycles. The van der Waals surface area contributed by atoms with Crippen molar-refractivity contribution in [2.24, 2.45) is 17.1 Å². The van der Waals surface area contributed by atoms with Gasteiger partial charge >= 0.3 is 0 Å². The Morgan fingerprint density at radius 1 is 1.41 bits per heavy atom. The second kappa shape index (κ2) is 6.94. The highest BCUT2D eigenvalue weighted by Gasteiger charge is 2.30. The van der Waals surface area contributed by atoms with E-state index in [2.05, 4.69) is 13.8 Å². The zero-order valence-electron chi connectivity index (χ0n) is 11.7. The highest BCUT2D eigenvalue weighted by atomic mass is 32.1. The lowest BCUT2D eigenvalue weighted by Gasteiger charge is -2.32. The Hall–Kier alpha value is -0.640. The summed E-state index contributed by atoms with van der Waals surface area (Å²) in [5.41, 5.74) is 5.21. The van der Waals surface area contributed by atoms with E-state index in [4.69, 9.17) is 18.0 Å². The normalized spacial score (nSPS) is 11.6. The van der Waals surface area contributed by atoms with Crippen molar-refractivity contribution in [3.63, 3.8) is 0 Å². The van der Waals surface area contributed by atoms with Crippen LogP contribution in [0.15, 0.2) is 0 Å². The van der Waals surface area contributed by atoms with Gasteiger partial charge in [0.2, 0.25) is 5.91 Å². The molecule has 1 amide bonds. The molecule has 2 N–H and O–H groups in total. The van der Waals surface area contributed by atoms with Crippen LogP contribution in [-0.2, 0) is 4.79 Å². The van der Waals surface area contributed by atoms with E-state index in [0.717, 1.165) is 13.0 Å². The number of nitrogens with zero attached hydrogens (tertiary/aromatic N) is 1. The van der Waals surface area contributed by atoms with Gasteiger partial charge in [0, 0.05) is 24.9 Å². The summed E-state index contributed by atoms with van der Waals surface area (Å²) in [5.74, 6) is 0.655. The SMILES string of the molecule is CCC(C)(C)C(=O)N(CCC(N)=S)CC(C)C. The summed E-state index contributed by atoms with van der Waals surface area (Å²) in [5, 5.41) is 0. The lowest BCUT2D eigenvalue weighted by molar-refractivity contribution is -0.141. The fraction of sp³-hybridized carbons (Fsp3) is 0.846. The van der Waals surface area contributed by atoms with E-state index >= 15 is 0 Å². The van der Waals surface area contributed by atoms with Crippen molar-refractivity contribution in [1.29, 1.82) is 0 Å². The first-order valence-electron chi connectivity index (χ1n) is 6.28. The van der Waals surface area contributed by atoms with Gasteiger partial charge in [-0.25, -0.2) is 0 Å². The van der Waals surface area contributed by atoms with Crippen LogP contribution < -0.4 is 5.73 Å². The number of hydrogen-bond acceptors (Lipinski definition) is 2. The molecular formula is C13H26N2OS. The molecule has 0 radical (unpaired) electrons. The van der Waals surface area contributed by atoms with Crippen LogP contribution in [0.25, 0.3) is 0 Å². The van der Waals surface area contributed by atoms with E-state index in [1.165, 1.54) is 0 Å². The largest absolute Gasteiger partial charge is 0.393 e. The van der Waals surface area contributed by atoms with Crippen LogP contribution in [0, 0.1) is 11.3 Å². The molecular weight excluding hydrogens is 232 g/mol. The molecule has 0 heterocycles. The van der Waals surface area contributed by atoms with Gasteiger partial charge in [-0.3, -0.25) is 4.79 Å². The first kappa shape index (κ1) is 16.4. The van der Waals surface area contributed by atoms with Crippen LogP contribution >= 0.6 is 12.2 Å². The summed E-state index contributed by atoms with van der Waals surface area (Å²) in [6, 6.07) is 0. The van der Waals surface area contributed by atoms with Gasteiger partial charge in [0.05, 0.1) is 4.99 Å². The van der Waals surface area contributed by atoms with Crippen molar-refractivity contribution >= 4 is 23.1 Å². The minimum atomic E-state index is -0.300. The van der Waals surface area contributed by atoms with Crippen LogP contribution in [0.4, 0.5) is 0 Å². The van der Waals surface area contributed by atoms with Crippen molar-refractivity contribution in [3.8, 4) is 0 Å². The van der Waals surface area contributed by atoms with Crippen molar-refractivity contribution in [3.05, 3.63) is 0 Å². The predicted octanol–water partition coefficient (Wildman–Crippen LogP) is 2.58. The maximum Gasteiger partial charge on any atom is 0.228 e. The van der Waals surface area contributed by atoms with Crippen molar-refractivity contribution in [2.75, 3.05) is 13.1 Å². The van der Waals surface area contributed by atoms with Crippen LogP contribution in [0.2, 0.25) is 0 Å². The average Bonchev–Trinajstić information content (AvgIpc) is 2.22. The molecule has 3 nitrogen and oxygen atoms in total. The Balaban J connectivity index is 4.67. The van der Waals surface area contributed by atoms with Crippen LogP contribution in [0.3, 0.4) is 0 Å². The fourth-order valence-corrected chi connectivity index (χ4v) is 1.63. The van der Waals surface area contributed by atoms with Gasteiger partial charge in [-0.2, -0.15) is 0 Å². The Morgan fingerprint density at radius 2 is 1.94 bits per heavy atom. The molecule has 0 aliphatic carbocycles. The van der Waals surface area contributed by atoms with E-state index in [0.29, 0.717) is 23.9 Å². The molecule has 100 valence electrons. The third-order valence-electron chi connectivity index (χ3n) is 2.96. The summed E-state index contributed by atoms with van der Waals surface area (Å²) in [4.78, 5) is 14.8. The Morgan fingerprint density at radius 3 is 2.29 bits per heavy atom. The molecule has 0 aliphatic rings. The number of hydrogen-bond donors (Lipinski definition) is 1. The first-order valence-corrected chi connectivity index (χ1v) is 6.69. The molecule has 0 aromatic carbocycles. The van der Waals surface area contributed by atoms with Gasteiger partial charge in [0.15, 0.2) is 0 Å². The smallest absolute Gasteiger partial charge is 0.228 e. The summed E-state index contributed by atoms with van der Waals surface area (Å²) in [7, 11) is 0. The predicted molar refractivity (Wildman–Crippen MR) is 76.9 cm³/mol.